The van der Waals surface area contributed by atoms with Gasteiger partial charge in [-0.3, -0.25) is 4.79 Å². The van der Waals surface area contributed by atoms with Crippen molar-refractivity contribution in [2.24, 2.45) is 0 Å². The largest absolute Gasteiger partial charge is 0.481 e. The Morgan fingerprint density at radius 1 is 1.06 bits per heavy atom. The minimum Gasteiger partial charge on any atom is -0.481 e. The Morgan fingerprint density at radius 2 is 1.69 bits per heavy atom. The summed E-state index contributed by atoms with van der Waals surface area (Å²) in [6.07, 6.45) is -0.932. The number of carboxylic acids is 1. The molecule has 0 radical (unpaired) electrons. The number of aliphatic hydroxyl groups excluding tert-OH is 1. The molecule has 16 heavy (non-hydrogen) atoms. The normalized spacial score (nSPS) is 22.6. The molecule has 0 bridgehead atoms. The molecule has 2 atom stereocenters. The van der Waals surface area contributed by atoms with E-state index in [2.05, 4.69) is 0 Å². The molecule has 2 unspecified atom stereocenters. The first kappa shape index (κ1) is 9.36. The number of rotatable bonds is 1. The maximum absolute atomic E-state index is 11.2. The van der Waals surface area contributed by atoms with Crippen molar-refractivity contribution in [3.8, 4) is 0 Å². The first-order chi connectivity index (χ1) is 7.70. The number of carbonyl (C=O) groups is 1. The Kier molecular flexibility index (Phi) is 1.79. The smallest absolute Gasteiger partial charge is 0.314 e. The van der Waals surface area contributed by atoms with E-state index in [0.717, 1.165) is 16.3 Å². The highest BCUT2D eigenvalue weighted by molar-refractivity contribution is 5.97. The molecule has 0 aliphatic heterocycles. The average molecular weight is 214 g/mol. The molecule has 0 saturated carbocycles. The predicted octanol–water partition coefficient (Wildman–Crippen LogP) is 2.06. The van der Waals surface area contributed by atoms with Gasteiger partial charge in [0.25, 0.3) is 0 Å². The topological polar surface area (TPSA) is 57.5 Å². The lowest BCUT2D eigenvalue weighted by Gasteiger charge is -2.10. The molecule has 3 heteroatoms. The van der Waals surface area contributed by atoms with Gasteiger partial charge in [-0.25, -0.2) is 0 Å². The zero-order valence-corrected chi connectivity index (χ0v) is 8.42. The van der Waals surface area contributed by atoms with Gasteiger partial charge in [-0.05, 0) is 21.9 Å². The molecular weight excluding hydrogens is 204 g/mol. The van der Waals surface area contributed by atoms with E-state index in [1.165, 1.54) is 0 Å². The number of benzene rings is 2. The second-order valence-corrected chi connectivity index (χ2v) is 4.05. The summed E-state index contributed by atoms with van der Waals surface area (Å²) >= 11 is 0. The maximum Gasteiger partial charge on any atom is 0.314 e. The summed E-state index contributed by atoms with van der Waals surface area (Å²) in [5.74, 6) is -1.81. The fourth-order valence-corrected chi connectivity index (χ4v) is 2.52. The molecule has 1 aliphatic rings. The minimum atomic E-state index is -0.976. The lowest BCUT2D eigenvalue weighted by molar-refractivity contribution is -0.141. The standard InChI is InChI=1S/C13H10O3/c14-12-9-6-2-4-7-3-1-5-8(10(7)9)11(12)13(15)16/h1-6,11-12,14H,(H,15,16). The van der Waals surface area contributed by atoms with Crippen LogP contribution in [0, 0.1) is 0 Å². The summed E-state index contributed by atoms with van der Waals surface area (Å²) in [4.78, 5) is 11.2. The van der Waals surface area contributed by atoms with Crippen LogP contribution in [-0.4, -0.2) is 16.2 Å². The van der Waals surface area contributed by atoms with Crippen LogP contribution in [0.3, 0.4) is 0 Å². The molecule has 0 spiro atoms. The molecule has 3 rings (SSSR count). The molecule has 3 nitrogen and oxygen atoms in total. The summed E-state index contributed by atoms with van der Waals surface area (Å²) < 4.78 is 0. The highest BCUT2D eigenvalue weighted by Crippen LogP contribution is 2.45. The third-order valence-electron chi connectivity index (χ3n) is 3.20. The first-order valence-electron chi connectivity index (χ1n) is 5.12. The first-order valence-corrected chi connectivity index (χ1v) is 5.12. The highest BCUT2D eigenvalue weighted by atomic mass is 16.4. The van der Waals surface area contributed by atoms with E-state index in [0.29, 0.717) is 5.56 Å². The van der Waals surface area contributed by atoms with Gasteiger partial charge in [0.15, 0.2) is 0 Å². The number of aliphatic carboxylic acids is 1. The van der Waals surface area contributed by atoms with Crippen LogP contribution in [0.5, 0.6) is 0 Å². The van der Waals surface area contributed by atoms with Gasteiger partial charge >= 0.3 is 5.97 Å². The van der Waals surface area contributed by atoms with Gasteiger partial charge in [-0.15, -0.1) is 0 Å². The number of aliphatic hydroxyl groups is 1. The van der Waals surface area contributed by atoms with E-state index in [1.54, 1.807) is 12.1 Å². The van der Waals surface area contributed by atoms with Gasteiger partial charge in [0, 0.05) is 0 Å². The van der Waals surface area contributed by atoms with Crippen molar-refractivity contribution in [2.45, 2.75) is 12.0 Å². The zero-order chi connectivity index (χ0) is 11.3. The van der Waals surface area contributed by atoms with E-state index in [9.17, 15) is 9.90 Å². The van der Waals surface area contributed by atoms with Gasteiger partial charge in [0.1, 0.15) is 5.92 Å². The van der Waals surface area contributed by atoms with Crippen molar-refractivity contribution in [3.63, 3.8) is 0 Å². The van der Waals surface area contributed by atoms with E-state index in [4.69, 9.17) is 5.11 Å². The lowest BCUT2D eigenvalue weighted by atomic mass is 9.99. The van der Waals surface area contributed by atoms with Crippen LogP contribution in [0.1, 0.15) is 23.1 Å². The fraction of sp³-hybridized carbons (Fsp3) is 0.154. The van der Waals surface area contributed by atoms with Gasteiger partial charge in [0.2, 0.25) is 0 Å². The third-order valence-corrected chi connectivity index (χ3v) is 3.20. The number of hydrogen-bond donors (Lipinski definition) is 2. The number of carboxylic acid groups (broad SMARTS) is 1. The van der Waals surface area contributed by atoms with Gasteiger partial charge in [-0.1, -0.05) is 36.4 Å². The second-order valence-electron chi connectivity index (χ2n) is 4.05. The van der Waals surface area contributed by atoms with Crippen molar-refractivity contribution in [1.29, 1.82) is 0 Å². The van der Waals surface area contributed by atoms with Crippen molar-refractivity contribution in [2.75, 3.05) is 0 Å². The molecule has 0 fully saturated rings. The second kappa shape index (κ2) is 3.06. The monoisotopic (exact) mass is 214 g/mol. The molecule has 2 aromatic carbocycles. The highest BCUT2D eigenvalue weighted by Gasteiger charge is 2.37. The molecule has 0 amide bonds. The van der Waals surface area contributed by atoms with Crippen molar-refractivity contribution in [3.05, 3.63) is 47.5 Å². The van der Waals surface area contributed by atoms with Gasteiger partial charge in [0.05, 0.1) is 6.10 Å². The van der Waals surface area contributed by atoms with Gasteiger partial charge in [-0.2, -0.15) is 0 Å². The quantitative estimate of drug-likeness (QED) is 0.763. The minimum absolute atomic E-state index is 0.716. The Hall–Kier alpha value is -1.87. The molecule has 2 aromatic rings. The van der Waals surface area contributed by atoms with Crippen LogP contribution in [0.15, 0.2) is 36.4 Å². The molecule has 2 N–H and O–H groups in total. The number of hydrogen-bond acceptors (Lipinski definition) is 2. The van der Waals surface area contributed by atoms with Crippen LogP contribution in [-0.2, 0) is 4.79 Å². The maximum atomic E-state index is 11.2. The van der Waals surface area contributed by atoms with Crippen molar-refractivity contribution in [1.82, 2.24) is 0 Å². The third kappa shape index (κ3) is 1.03. The van der Waals surface area contributed by atoms with Crippen LogP contribution < -0.4 is 0 Å². The molecule has 80 valence electrons. The summed E-state index contributed by atoms with van der Waals surface area (Å²) in [7, 11) is 0. The Balaban J connectivity index is 2.39. The van der Waals surface area contributed by atoms with E-state index < -0.39 is 18.0 Å². The van der Waals surface area contributed by atoms with Crippen LogP contribution >= 0.6 is 0 Å². The zero-order valence-electron chi connectivity index (χ0n) is 8.42. The summed E-state index contributed by atoms with van der Waals surface area (Å²) in [6, 6.07) is 11.1. The van der Waals surface area contributed by atoms with E-state index in [-0.39, 0.29) is 0 Å². The molecule has 1 aliphatic carbocycles. The van der Waals surface area contributed by atoms with Crippen molar-refractivity contribution < 1.29 is 15.0 Å². The van der Waals surface area contributed by atoms with Crippen molar-refractivity contribution >= 4 is 16.7 Å². The lowest BCUT2D eigenvalue weighted by Crippen LogP contribution is -2.15. The molecule has 0 aromatic heterocycles. The van der Waals surface area contributed by atoms with Crippen LogP contribution in [0.4, 0.5) is 0 Å². The predicted molar refractivity (Wildman–Crippen MR) is 59.3 cm³/mol. The van der Waals surface area contributed by atoms with Crippen LogP contribution in [0.2, 0.25) is 0 Å². The van der Waals surface area contributed by atoms with Crippen LogP contribution in [0.25, 0.3) is 10.8 Å². The fourth-order valence-electron chi connectivity index (χ4n) is 2.52. The summed E-state index contributed by atoms with van der Waals surface area (Å²) in [5.41, 5.74) is 1.44. The molecule has 0 saturated heterocycles. The molecular formula is C13H10O3. The summed E-state index contributed by atoms with van der Waals surface area (Å²) in [6.45, 7) is 0. The summed E-state index contributed by atoms with van der Waals surface area (Å²) in [5, 5.41) is 21.0. The molecule has 0 heterocycles. The Bertz CT molecular complexity index is 583. The van der Waals surface area contributed by atoms with E-state index >= 15 is 0 Å². The van der Waals surface area contributed by atoms with Gasteiger partial charge < -0.3 is 10.2 Å². The Morgan fingerprint density at radius 3 is 2.31 bits per heavy atom. The van der Waals surface area contributed by atoms with E-state index in [1.807, 2.05) is 24.3 Å². The SMILES string of the molecule is O=C(O)C1c2cccc3cccc(c23)C1O. The average Bonchev–Trinajstić information content (AvgIpc) is 2.55. The Labute approximate surface area is 92.0 Å².